The Morgan fingerprint density at radius 2 is 2.19 bits per heavy atom. The van der Waals surface area contributed by atoms with Crippen molar-refractivity contribution in [3.63, 3.8) is 0 Å². The van der Waals surface area contributed by atoms with Crippen LogP contribution in [0.15, 0.2) is 41.1 Å². The number of likely N-dealkylation sites (N-methyl/N-ethyl adjacent to an activating group) is 1. The van der Waals surface area contributed by atoms with Gasteiger partial charge < -0.3 is 5.32 Å². The Morgan fingerprint density at radius 3 is 2.90 bits per heavy atom. The van der Waals surface area contributed by atoms with Crippen molar-refractivity contribution in [3.8, 4) is 0 Å². The molecule has 3 nitrogen and oxygen atoms in total. The average Bonchev–Trinajstić information content (AvgIpc) is 2.91. The molecule has 21 heavy (non-hydrogen) atoms. The first-order chi connectivity index (χ1) is 10.1. The number of hydrogen-bond donors (Lipinski definition) is 1. The molecule has 0 aliphatic rings. The molecule has 0 bridgehead atoms. The quantitative estimate of drug-likeness (QED) is 0.849. The van der Waals surface area contributed by atoms with Crippen molar-refractivity contribution in [2.24, 2.45) is 0 Å². The molecule has 1 aromatic carbocycles. The van der Waals surface area contributed by atoms with Crippen LogP contribution in [0.25, 0.3) is 0 Å². The van der Waals surface area contributed by atoms with Crippen molar-refractivity contribution in [1.82, 2.24) is 10.2 Å². The maximum atomic E-state index is 11.9. The van der Waals surface area contributed by atoms with E-state index >= 15 is 0 Å². The Balaban J connectivity index is 1.67. The second kappa shape index (κ2) is 8.17. The summed E-state index contributed by atoms with van der Waals surface area (Å²) < 4.78 is 0. The van der Waals surface area contributed by atoms with Gasteiger partial charge in [-0.05, 0) is 53.6 Å². The van der Waals surface area contributed by atoms with Gasteiger partial charge in [-0.1, -0.05) is 23.7 Å². The van der Waals surface area contributed by atoms with E-state index < -0.39 is 0 Å². The Kier molecular flexibility index (Phi) is 6.23. The van der Waals surface area contributed by atoms with E-state index in [1.807, 2.05) is 41.6 Å². The molecule has 0 aliphatic carbocycles. The first kappa shape index (κ1) is 16.0. The standard InChI is InChI=1S/C16H19ClN2OS/c1-19(10-14-6-8-21-12-14)11-16(20)18-7-5-13-3-2-4-15(17)9-13/h2-4,6,8-9,12H,5,7,10-11H2,1H3,(H,18,20). The van der Waals surface area contributed by atoms with Crippen LogP contribution in [-0.4, -0.2) is 30.9 Å². The topological polar surface area (TPSA) is 32.3 Å². The zero-order valence-electron chi connectivity index (χ0n) is 12.0. The number of amides is 1. The first-order valence-corrected chi connectivity index (χ1v) is 8.16. The first-order valence-electron chi connectivity index (χ1n) is 6.84. The molecule has 2 rings (SSSR count). The van der Waals surface area contributed by atoms with Crippen LogP contribution < -0.4 is 5.32 Å². The number of thiophene rings is 1. The second-order valence-electron chi connectivity index (χ2n) is 5.03. The smallest absolute Gasteiger partial charge is 0.234 e. The number of nitrogens with zero attached hydrogens (tertiary/aromatic N) is 1. The molecular weight excluding hydrogens is 304 g/mol. The molecule has 112 valence electrons. The third kappa shape index (κ3) is 5.87. The summed E-state index contributed by atoms with van der Waals surface area (Å²) in [5, 5.41) is 7.83. The van der Waals surface area contributed by atoms with E-state index in [1.54, 1.807) is 11.3 Å². The number of rotatable bonds is 7. The fourth-order valence-corrected chi connectivity index (χ4v) is 2.96. The van der Waals surface area contributed by atoms with Gasteiger partial charge in [0.25, 0.3) is 0 Å². The van der Waals surface area contributed by atoms with Crippen molar-refractivity contribution >= 4 is 28.8 Å². The number of carbonyl (C=O) groups excluding carboxylic acids is 1. The Bertz CT molecular complexity index is 571. The van der Waals surface area contributed by atoms with Crippen LogP contribution in [0.3, 0.4) is 0 Å². The number of nitrogens with one attached hydrogen (secondary N) is 1. The summed E-state index contributed by atoms with van der Waals surface area (Å²) in [6, 6.07) is 9.80. The third-order valence-electron chi connectivity index (χ3n) is 3.07. The molecule has 2 aromatic rings. The molecule has 0 atom stereocenters. The van der Waals surface area contributed by atoms with Crippen LogP contribution in [0.5, 0.6) is 0 Å². The van der Waals surface area contributed by atoms with Crippen molar-refractivity contribution < 1.29 is 4.79 Å². The van der Waals surface area contributed by atoms with E-state index in [9.17, 15) is 4.79 Å². The lowest BCUT2D eigenvalue weighted by Gasteiger charge is -2.15. The molecule has 0 saturated heterocycles. The van der Waals surface area contributed by atoms with Gasteiger partial charge in [0, 0.05) is 18.1 Å². The predicted octanol–water partition coefficient (Wildman–Crippen LogP) is 3.19. The highest BCUT2D eigenvalue weighted by Crippen LogP contribution is 2.10. The maximum absolute atomic E-state index is 11.9. The van der Waals surface area contributed by atoms with Crippen LogP contribution in [0, 0.1) is 0 Å². The van der Waals surface area contributed by atoms with Gasteiger partial charge in [0.2, 0.25) is 5.91 Å². The van der Waals surface area contributed by atoms with Gasteiger partial charge >= 0.3 is 0 Å². The molecule has 5 heteroatoms. The summed E-state index contributed by atoms with van der Waals surface area (Å²) in [6.07, 6.45) is 0.792. The minimum Gasteiger partial charge on any atom is -0.355 e. The van der Waals surface area contributed by atoms with Gasteiger partial charge in [-0.2, -0.15) is 11.3 Å². The summed E-state index contributed by atoms with van der Waals surface area (Å²) in [4.78, 5) is 13.9. The summed E-state index contributed by atoms with van der Waals surface area (Å²) >= 11 is 7.60. The number of halogens is 1. The molecular formula is C16H19ClN2OS. The van der Waals surface area contributed by atoms with Gasteiger partial charge in [0.1, 0.15) is 0 Å². The molecule has 0 aliphatic heterocycles. The molecule has 1 heterocycles. The molecule has 0 spiro atoms. The largest absolute Gasteiger partial charge is 0.355 e. The third-order valence-corrected chi connectivity index (χ3v) is 4.04. The van der Waals surface area contributed by atoms with E-state index in [-0.39, 0.29) is 5.91 Å². The second-order valence-corrected chi connectivity index (χ2v) is 6.25. The summed E-state index contributed by atoms with van der Waals surface area (Å²) in [7, 11) is 1.95. The summed E-state index contributed by atoms with van der Waals surface area (Å²) in [5.41, 5.74) is 2.38. The zero-order valence-corrected chi connectivity index (χ0v) is 13.6. The van der Waals surface area contributed by atoms with Gasteiger partial charge in [0.05, 0.1) is 6.54 Å². The van der Waals surface area contributed by atoms with Crippen molar-refractivity contribution in [2.45, 2.75) is 13.0 Å². The van der Waals surface area contributed by atoms with Gasteiger partial charge in [0.15, 0.2) is 0 Å². The number of hydrogen-bond acceptors (Lipinski definition) is 3. The van der Waals surface area contributed by atoms with Gasteiger partial charge in [-0.15, -0.1) is 0 Å². The molecule has 0 unspecified atom stereocenters. The normalized spacial score (nSPS) is 10.8. The monoisotopic (exact) mass is 322 g/mol. The summed E-state index contributed by atoms with van der Waals surface area (Å²) in [5.74, 6) is 0.0507. The van der Waals surface area contributed by atoms with E-state index in [0.29, 0.717) is 13.1 Å². The Morgan fingerprint density at radius 1 is 1.33 bits per heavy atom. The highest BCUT2D eigenvalue weighted by Gasteiger charge is 2.07. The fourth-order valence-electron chi connectivity index (χ4n) is 2.09. The fraction of sp³-hybridized carbons (Fsp3) is 0.312. The lowest BCUT2D eigenvalue weighted by molar-refractivity contribution is -0.122. The van der Waals surface area contributed by atoms with Crippen molar-refractivity contribution in [1.29, 1.82) is 0 Å². The van der Waals surface area contributed by atoms with Gasteiger partial charge in [-0.25, -0.2) is 0 Å². The molecule has 1 amide bonds. The van der Waals surface area contributed by atoms with E-state index in [4.69, 9.17) is 11.6 Å². The predicted molar refractivity (Wildman–Crippen MR) is 88.8 cm³/mol. The van der Waals surface area contributed by atoms with Crippen LogP contribution in [0.1, 0.15) is 11.1 Å². The van der Waals surface area contributed by atoms with Gasteiger partial charge in [-0.3, -0.25) is 9.69 Å². The molecule has 1 N–H and O–H groups in total. The molecule has 0 saturated carbocycles. The Labute approximate surface area is 134 Å². The summed E-state index contributed by atoms with van der Waals surface area (Å²) in [6.45, 7) is 1.84. The minimum atomic E-state index is 0.0507. The van der Waals surface area contributed by atoms with Crippen LogP contribution >= 0.6 is 22.9 Å². The van der Waals surface area contributed by atoms with Crippen LogP contribution in [0.2, 0.25) is 5.02 Å². The van der Waals surface area contributed by atoms with Crippen molar-refractivity contribution in [3.05, 3.63) is 57.2 Å². The lowest BCUT2D eigenvalue weighted by Crippen LogP contribution is -2.35. The molecule has 0 radical (unpaired) electrons. The van der Waals surface area contributed by atoms with Crippen LogP contribution in [-0.2, 0) is 17.8 Å². The Hall–Kier alpha value is -1.36. The van der Waals surface area contributed by atoms with E-state index in [2.05, 4.69) is 16.8 Å². The van der Waals surface area contributed by atoms with E-state index in [1.165, 1.54) is 5.56 Å². The lowest BCUT2D eigenvalue weighted by atomic mass is 10.1. The highest BCUT2D eigenvalue weighted by molar-refractivity contribution is 7.07. The molecule has 0 fully saturated rings. The highest BCUT2D eigenvalue weighted by atomic mass is 35.5. The number of benzene rings is 1. The SMILES string of the molecule is CN(CC(=O)NCCc1cccc(Cl)c1)Cc1ccsc1. The van der Waals surface area contributed by atoms with Crippen molar-refractivity contribution in [2.75, 3.05) is 20.1 Å². The van der Waals surface area contributed by atoms with E-state index in [0.717, 1.165) is 23.6 Å². The average molecular weight is 323 g/mol. The number of carbonyl (C=O) groups is 1. The maximum Gasteiger partial charge on any atom is 0.234 e. The zero-order chi connectivity index (χ0) is 15.1. The molecule has 1 aromatic heterocycles. The van der Waals surface area contributed by atoms with Crippen LogP contribution in [0.4, 0.5) is 0 Å². The minimum absolute atomic E-state index is 0.0507.